The van der Waals surface area contributed by atoms with Crippen LogP contribution < -0.4 is 9.64 Å². The molecule has 3 aromatic rings. The SMILES string of the molecule is COc1ccccc1Cc1csc(N2CCN(S(=O)(=O)c3cc(C)c(Cl)cc3Cl)CC2)n1. The zero-order chi connectivity index (χ0) is 22.9. The number of methoxy groups -OCH3 is 1. The van der Waals surface area contributed by atoms with E-state index in [1.54, 1.807) is 25.4 Å². The summed E-state index contributed by atoms with van der Waals surface area (Å²) in [5.41, 5.74) is 2.73. The topological polar surface area (TPSA) is 62.7 Å². The molecule has 1 aliphatic rings. The maximum Gasteiger partial charge on any atom is 0.244 e. The highest BCUT2D eigenvalue weighted by Gasteiger charge is 2.31. The van der Waals surface area contributed by atoms with Crippen molar-refractivity contribution < 1.29 is 13.2 Å². The van der Waals surface area contributed by atoms with Gasteiger partial charge in [-0.05, 0) is 30.7 Å². The fraction of sp³-hybridized carbons (Fsp3) is 0.318. The summed E-state index contributed by atoms with van der Waals surface area (Å²) in [5.74, 6) is 0.844. The molecule has 6 nitrogen and oxygen atoms in total. The van der Waals surface area contributed by atoms with Crippen molar-refractivity contribution in [3.05, 3.63) is 68.6 Å². The number of benzene rings is 2. The number of piperazine rings is 1. The molecule has 2 aromatic carbocycles. The summed E-state index contributed by atoms with van der Waals surface area (Å²) in [7, 11) is -2.03. The van der Waals surface area contributed by atoms with Crippen LogP contribution in [0.5, 0.6) is 5.75 Å². The van der Waals surface area contributed by atoms with Crippen LogP contribution in [0, 0.1) is 6.92 Å². The first-order chi connectivity index (χ1) is 15.3. The van der Waals surface area contributed by atoms with E-state index >= 15 is 0 Å². The van der Waals surface area contributed by atoms with Crippen LogP contribution in [0.3, 0.4) is 0 Å². The second-order valence-corrected chi connectivity index (χ2v) is 11.1. The lowest BCUT2D eigenvalue weighted by molar-refractivity contribution is 0.384. The number of halogens is 2. The van der Waals surface area contributed by atoms with Crippen molar-refractivity contribution in [3.63, 3.8) is 0 Å². The van der Waals surface area contributed by atoms with Gasteiger partial charge in [-0.2, -0.15) is 4.31 Å². The number of rotatable bonds is 6. The Labute approximate surface area is 202 Å². The summed E-state index contributed by atoms with van der Waals surface area (Å²) in [5, 5.41) is 3.53. The Hall–Kier alpha value is -1.84. The summed E-state index contributed by atoms with van der Waals surface area (Å²) in [6, 6.07) is 10.9. The zero-order valence-corrected chi connectivity index (χ0v) is 20.9. The average molecular weight is 512 g/mol. The molecule has 0 N–H and O–H groups in total. The molecule has 0 saturated carbocycles. The third-order valence-corrected chi connectivity index (χ3v) is 9.16. The predicted octanol–water partition coefficient (Wildman–Crippen LogP) is 4.87. The summed E-state index contributed by atoms with van der Waals surface area (Å²) < 4.78 is 33.2. The molecule has 2 heterocycles. The number of thiazole rings is 1. The fourth-order valence-electron chi connectivity index (χ4n) is 3.65. The van der Waals surface area contributed by atoms with Gasteiger partial charge < -0.3 is 9.64 Å². The van der Waals surface area contributed by atoms with Crippen LogP contribution >= 0.6 is 34.5 Å². The lowest BCUT2D eigenvalue weighted by atomic mass is 10.1. The van der Waals surface area contributed by atoms with Crippen LogP contribution in [-0.4, -0.2) is 51.0 Å². The van der Waals surface area contributed by atoms with Gasteiger partial charge in [-0.15, -0.1) is 11.3 Å². The van der Waals surface area contributed by atoms with Gasteiger partial charge in [-0.25, -0.2) is 13.4 Å². The van der Waals surface area contributed by atoms with E-state index in [0.717, 1.165) is 22.1 Å². The highest BCUT2D eigenvalue weighted by molar-refractivity contribution is 7.89. The first kappa shape index (κ1) is 23.3. The van der Waals surface area contributed by atoms with Crippen LogP contribution in [0.25, 0.3) is 0 Å². The third kappa shape index (κ3) is 4.75. The van der Waals surface area contributed by atoms with Gasteiger partial charge >= 0.3 is 0 Å². The molecule has 0 spiro atoms. The standard InChI is InChI=1S/C22H23Cl2N3O3S2/c1-15-11-21(19(24)13-18(15)23)32(28,29)27-9-7-26(8-10-27)22-25-17(14-31-22)12-16-5-3-4-6-20(16)30-2/h3-6,11,13-14H,7-10,12H2,1-2H3. The normalized spacial score (nSPS) is 15.2. The van der Waals surface area contributed by atoms with Gasteiger partial charge in [-0.3, -0.25) is 0 Å². The van der Waals surface area contributed by atoms with E-state index in [0.29, 0.717) is 43.2 Å². The second kappa shape index (κ2) is 9.57. The van der Waals surface area contributed by atoms with Crippen molar-refractivity contribution in [3.8, 4) is 5.75 Å². The Kier molecular flexibility index (Phi) is 6.97. The number of sulfonamides is 1. The minimum absolute atomic E-state index is 0.0999. The highest BCUT2D eigenvalue weighted by atomic mass is 35.5. The Balaban J connectivity index is 1.44. The molecule has 0 aliphatic carbocycles. The van der Waals surface area contributed by atoms with E-state index in [-0.39, 0.29) is 9.92 Å². The van der Waals surface area contributed by atoms with E-state index < -0.39 is 10.0 Å². The molecule has 0 amide bonds. The molecule has 1 aliphatic heterocycles. The van der Waals surface area contributed by atoms with E-state index in [1.807, 2.05) is 29.6 Å². The van der Waals surface area contributed by atoms with E-state index in [9.17, 15) is 8.42 Å². The maximum atomic E-state index is 13.1. The van der Waals surface area contributed by atoms with Gasteiger partial charge in [0.05, 0.1) is 17.8 Å². The molecule has 32 heavy (non-hydrogen) atoms. The molecule has 10 heteroatoms. The van der Waals surface area contributed by atoms with Crippen molar-refractivity contribution >= 4 is 49.7 Å². The first-order valence-electron chi connectivity index (χ1n) is 10.1. The van der Waals surface area contributed by atoms with Gasteiger partial charge in [0, 0.05) is 48.6 Å². The quantitative estimate of drug-likeness (QED) is 0.472. The largest absolute Gasteiger partial charge is 0.496 e. The van der Waals surface area contributed by atoms with Gasteiger partial charge in [0.15, 0.2) is 5.13 Å². The molecule has 1 fully saturated rings. The summed E-state index contributed by atoms with van der Waals surface area (Å²) >= 11 is 13.8. The fourth-order valence-corrected chi connectivity index (χ4v) is 6.76. The number of aryl methyl sites for hydroxylation is 1. The van der Waals surface area contributed by atoms with Crippen LogP contribution in [-0.2, 0) is 16.4 Å². The molecule has 0 bridgehead atoms. The van der Waals surface area contributed by atoms with Crippen LogP contribution in [0.4, 0.5) is 5.13 Å². The second-order valence-electron chi connectivity index (χ2n) is 7.53. The summed E-state index contributed by atoms with van der Waals surface area (Å²) in [4.78, 5) is 6.99. The monoisotopic (exact) mass is 511 g/mol. The van der Waals surface area contributed by atoms with Crippen LogP contribution in [0.15, 0.2) is 46.7 Å². The third-order valence-electron chi connectivity index (χ3n) is 5.44. The van der Waals surface area contributed by atoms with Crippen molar-refractivity contribution in [1.82, 2.24) is 9.29 Å². The number of aromatic nitrogens is 1. The summed E-state index contributed by atoms with van der Waals surface area (Å²) in [6.45, 7) is 3.61. The Morgan fingerprint density at radius 3 is 2.53 bits per heavy atom. The van der Waals surface area contributed by atoms with Crippen molar-refractivity contribution in [2.75, 3.05) is 38.2 Å². The molecule has 0 radical (unpaired) electrons. The van der Waals surface area contributed by atoms with Gasteiger partial charge in [0.2, 0.25) is 10.0 Å². The minimum atomic E-state index is -3.70. The van der Waals surface area contributed by atoms with Gasteiger partial charge in [0.1, 0.15) is 10.6 Å². The predicted molar refractivity (Wildman–Crippen MR) is 130 cm³/mol. The smallest absolute Gasteiger partial charge is 0.244 e. The van der Waals surface area contributed by atoms with Crippen LogP contribution in [0.1, 0.15) is 16.8 Å². The van der Waals surface area contributed by atoms with E-state index in [2.05, 4.69) is 4.90 Å². The number of nitrogens with zero attached hydrogens (tertiary/aromatic N) is 3. The lowest BCUT2D eigenvalue weighted by Gasteiger charge is -2.34. The zero-order valence-electron chi connectivity index (χ0n) is 17.7. The van der Waals surface area contributed by atoms with Gasteiger partial charge in [0.25, 0.3) is 0 Å². The Morgan fingerprint density at radius 2 is 1.81 bits per heavy atom. The van der Waals surface area contributed by atoms with E-state index in [1.165, 1.54) is 16.4 Å². The maximum absolute atomic E-state index is 13.1. The Morgan fingerprint density at radius 1 is 1.09 bits per heavy atom. The molecule has 4 rings (SSSR count). The summed E-state index contributed by atoms with van der Waals surface area (Å²) in [6.07, 6.45) is 0.684. The van der Waals surface area contributed by atoms with Crippen molar-refractivity contribution in [2.24, 2.45) is 0 Å². The van der Waals surface area contributed by atoms with Crippen molar-refractivity contribution in [1.29, 1.82) is 0 Å². The molecule has 1 aromatic heterocycles. The molecule has 0 atom stereocenters. The van der Waals surface area contributed by atoms with Crippen LogP contribution in [0.2, 0.25) is 10.0 Å². The van der Waals surface area contributed by atoms with Crippen molar-refractivity contribution in [2.45, 2.75) is 18.2 Å². The molecular weight excluding hydrogens is 489 g/mol. The number of anilines is 1. The molecular formula is C22H23Cl2N3O3S2. The first-order valence-corrected chi connectivity index (χ1v) is 13.1. The van der Waals surface area contributed by atoms with Gasteiger partial charge in [-0.1, -0.05) is 41.4 Å². The minimum Gasteiger partial charge on any atom is -0.496 e. The molecule has 170 valence electrons. The molecule has 0 unspecified atom stereocenters. The average Bonchev–Trinajstić information content (AvgIpc) is 3.25. The number of para-hydroxylation sites is 1. The number of ether oxygens (including phenoxy) is 1. The Bertz CT molecular complexity index is 1220. The highest BCUT2D eigenvalue weighted by Crippen LogP contribution is 2.32. The van der Waals surface area contributed by atoms with E-state index in [4.69, 9.17) is 32.9 Å². The number of hydrogen-bond acceptors (Lipinski definition) is 6. The number of hydrogen-bond donors (Lipinski definition) is 0. The lowest BCUT2D eigenvalue weighted by Crippen LogP contribution is -2.48. The molecule has 1 saturated heterocycles.